The van der Waals surface area contributed by atoms with Crippen molar-refractivity contribution in [3.63, 3.8) is 0 Å². The van der Waals surface area contributed by atoms with Gasteiger partial charge in [0.05, 0.1) is 17.4 Å². The van der Waals surface area contributed by atoms with Crippen LogP contribution in [-0.4, -0.2) is 46.4 Å². The van der Waals surface area contributed by atoms with Crippen LogP contribution in [0.25, 0.3) is 11.3 Å². The first-order chi connectivity index (χ1) is 12.3. The van der Waals surface area contributed by atoms with E-state index >= 15 is 0 Å². The van der Waals surface area contributed by atoms with Crippen LogP contribution in [0.1, 0.15) is 24.0 Å². The summed E-state index contributed by atoms with van der Waals surface area (Å²) in [4.78, 5) is 2.22. The van der Waals surface area contributed by atoms with Crippen LogP contribution in [0.15, 0.2) is 24.4 Å². The molecular weight excluding hydrogens is 345 g/mol. The molecular formula is C18H21F3N4O. The van der Waals surface area contributed by atoms with Gasteiger partial charge in [0.15, 0.2) is 0 Å². The van der Waals surface area contributed by atoms with Crippen molar-refractivity contribution in [2.45, 2.75) is 32.0 Å². The lowest BCUT2D eigenvalue weighted by atomic mass is 10.0. The number of hydrogen-bond acceptors (Lipinski definition) is 5. The zero-order valence-electron chi connectivity index (χ0n) is 14.6. The summed E-state index contributed by atoms with van der Waals surface area (Å²) in [5.74, 6) is -0.469. The summed E-state index contributed by atoms with van der Waals surface area (Å²) in [5, 5.41) is 21.6. The topological polar surface area (TPSA) is 61.3 Å². The molecule has 0 spiro atoms. The number of aromatic hydroxyl groups is 1. The van der Waals surface area contributed by atoms with Crippen molar-refractivity contribution in [2.24, 2.45) is 0 Å². The smallest absolute Gasteiger partial charge is 0.416 e. The van der Waals surface area contributed by atoms with Gasteiger partial charge in [-0.05, 0) is 57.1 Å². The number of nitrogens with zero attached hydrogens (tertiary/aromatic N) is 3. The number of piperidine rings is 1. The van der Waals surface area contributed by atoms with Crippen molar-refractivity contribution in [2.75, 3.05) is 25.5 Å². The zero-order valence-corrected chi connectivity index (χ0v) is 14.6. The molecule has 1 aliphatic rings. The predicted octanol–water partition coefficient (Wildman–Crippen LogP) is 3.68. The Labute approximate surface area is 149 Å². The van der Waals surface area contributed by atoms with E-state index in [2.05, 4.69) is 20.4 Å². The first kappa shape index (κ1) is 18.4. The van der Waals surface area contributed by atoms with Gasteiger partial charge in [0.1, 0.15) is 11.4 Å². The SMILES string of the molecule is Cc1cnnc(-c2ccc(C(F)(F)F)cc2O)c1N[C@H]1CCCN(C)C1. The molecule has 0 aliphatic carbocycles. The summed E-state index contributed by atoms with van der Waals surface area (Å²) in [7, 11) is 2.05. The molecule has 1 aliphatic heterocycles. The number of phenolic OH excluding ortho intramolecular Hbond substituents is 1. The first-order valence-electron chi connectivity index (χ1n) is 8.43. The Morgan fingerprint density at radius 1 is 1.31 bits per heavy atom. The molecule has 1 aromatic carbocycles. The van der Waals surface area contributed by atoms with Gasteiger partial charge in [-0.1, -0.05) is 0 Å². The fraction of sp³-hybridized carbons (Fsp3) is 0.444. The maximum atomic E-state index is 12.8. The van der Waals surface area contributed by atoms with Gasteiger partial charge in [-0.3, -0.25) is 0 Å². The lowest BCUT2D eigenvalue weighted by Crippen LogP contribution is -2.40. The molecule has 0 amide bonds. The number of rotatable bonds is 3. The highest BCUT2D eigenvalue weighted by Gasteiger charge is 2.31. The highest BCUT2D eigenvalue weighted by atomic mass is 19.4. The van der Waals surface area contributed by atoms with Crippen LogP contribution < -0.4 is 5.32 Å². The quantitative estimate of drug-likeness (QED) is 0.868. The van der Waals surface area contributed by atoms with Crippen LogP contribution in [0.5, 0.6) is 5.75 Å². The average molecular weight is 366 g/mol. The van der Waals surface area contributed by atoms with Crippen LogP contribution in [0.3, 0.4) is 0 Å². The number of likely N-dealkylation sites (tertiary alicyclic amines) is 1. The molecule has 1 aromatic heterocycles. The summed E-state index contributed by atoms with van der Waals surface area (Å²) in [6.07, 6.45) is -0.862. The van der Waals surface area contributed by atoms with E-state index in [1.54, 1.807) is 6.20 Å². The lowest BCUT2D eigenvalue weighted by Gasteiger charge is -2.31. The fourth-order valence-corrected chi connectivity index (χ4v) is 3.24. The number of anilines is 1. The summed E-state index contributed by atoms with van der Waals surface area (Å²) in [5.41, 5.74) is 1.19. The van der Waals surface area contributed by atoms with Gasteiger partial charge in [0.2, 0.25) is 0 Å². The third-order valence-corrected chi connectivity index (χ3v) is 4.59. The van der Waals surface area contributed by atoms with Crippen molar-refractivity contribution in [3.8, 4) is 17.0 Å². The highest BCUT2D eigenvalue weighted by molar-refractivity contribution is 5.80. The Balaban J connectivity index is 1.97. The van der Waals surface area contributed by atoms with E-state index in [1.165, 1.54) is 6.07 Å². The second-order valence-corrected chi connectivity index (χ2v) is 6.73. The number of halogens is 3. The van der Waals surface area contributed by atoms with E-state index in [4.69, 9.17) is 0 Å². The Morgan fingerprint density at radius 3 is 2.73 bits per heavy atom. The van der Waals surface area contributed by atoms with E-state index in [0.717, 1.165) is 43.6 Å². The largest absolute Gasteiger partial charge is 0.507 e. The number of benzene rings is 1. The molecule has 140 valence electrons. The van der Waals surface area contributed by atoms with Gasteiger partial charge < -0.3 is 15.3 Å². The molecule has 0 bridgehead atoms. The van der Waals surface area contributed by atoms with Gasteiger partial charge >= 0.3 is 6.18 Å². The van der Waals surface area contributed by atoms with Crippen LogP contribution in [-0.2, 0) is 6.18 Å². The minimum atomic E-state index is -4.51. The molecule has 5 nitrogen and oxygen atoms in total. The third-order valence-electron chi connectivity index (χ3n) is 4.59. The Morgan fingerprint density at radius 2 is 2.08 bits per heavy atom. The number of aromatic nitrogens is 2. The van der Waals surface area contributed by atoms with Crippen molar-refractivity contribution < 1.29 is 18.3 Å². The molecule has 0 radical (unpaired) electrons. The van der Waals surface area contributed by atoms with Crippen molar-refractivity contribution in [1.29, 1.82) is 0 Å². The van der Waals surface area contributed by atoms with Crippen LogP contribution in [0.4, 0.5) is 18.9 Å². The molecule has 2 aromatic rings. The number of nitrogens with one attached hydrogen (secondary N) is 1. The highest BCUT2D eigenvalue weighted by Crippen LogP contribution is 2.39. The normalized spacial score (nSPS) is 18.7. The van der Waals surface area contributed by atoms with Gasteiger partial charge in [-0.15, -0.1) is 5.10 Å². The fourth-order valence-electron chi connectivity index (χ4n) is 3.24. The number of alkyl halides is 3. The minimum absolute atomic E-state index is 0.201. The summed E-state index contributed by atoms with van der Waals surface area (Å²) in [6.45, 7) is 3.76. The van der Waals surface area contributed by atoms with Crippen LogP contribution in [0, 0.1) is 6.92 Å². The maximum Gasteiger partial charge on any atom is 0.416 e. The standard InChI is InChI=1S/C18H21F3N4O/c1-11-9-22-24-17(16(11)23-13-4-3-7-25(2)10-13)14-6-5-12(8-15(14)26)18(19,20)21/h5-6,8-9,13,26H,3-4,7,10H2,1-2H3,(H,22,23)/t13-/m0/s1. The molecule has 0 saturated carbocycles. The van der Waals surface area contributed by atoms with Gasteiger partial charge in [0, 0.05) is 18.2 Å². The van der Waals surface area contributed by atoms with E-state index in [9.17, 15) is 18.3 Å². The van der Waals surface area contributed by atoms with Crippen LogP contribution in [0.2, 0.25) is 0 Å². The molecule has 1 fully saturated rings. The van der Waals surface area contributed by atoms with Crippen LogP contribution >= 0.6 is 0 Å². The van der Waals surface area contributed by atoms with E-state index in [-0.39, 0.29) is 11.6 Å². The molecule has 1 saturated heterocycles. The van der Waals surface area contributed by atoms with E-state index < -0.39 is 17.5 Å². The monoisotopic (exact) mass is 366 g/mol. The Bertz CT molecular complexity index is 794. The number of aryl methyl sites for hydroxylation is 1. The van der Waals surface area contributed by atoms with Crippen molar-refractivity contribution in [3.05, 3.63) is 35.5 Å². The molecule has 2 N–H and O–H groups in total. The summed E-state index contributed by atoms with van der Waals surface area (Å²) < 4.78 is 38.5. The molecule has 1 atom stereocenters. The second-order valence-electron chi connectivity index (χ2n) is 6.73. The van der Waals surface area contributed by atoms with E-state index in [0.29, 0.717) is 11.4 Å². The lowest BCUT2D eigenvalue weighted by molar-refractivity contribution is -0.137. The number of phenols is 1. The molecule has 8 heteroatoms. The second kappa shape index (κ2) is 7.11. The molecule has 0 unspecified atom stereocenters. The maximum absolute atomic E-state index is 12.8. The van der Waals surface area contributed by atoms with Gasteiger partial charge in [-0.25, -0.2) is 0 Å². The predicted molar refractivity (Wildman–Crippen MR) is 93.0 cm³/mol. The average Bonchev–Trinajstić information content (AvgIpc) is 2.56. The third kappa shape index (κ3) is 3.90. The Kier molecular flexibility index (Phi) is 5.04. The molecule has 2 heterocycles. The van der Waals surface area contributed by atoms with E-state index in [1.807, 2.05) is 14.0 Å². The van der Waals surface area contributed by atoms with Crippen molar-refractivity contribution >= 4 is 5.69 Å². The molecule has 3 rings (SSSR count). The number of likely N-dealkylation sites (N-methyl/N-ethyl adjacent to an activating group) is 1. The first-order valence-corrected chi connectivity index (χ1v) is 8.43. The Hall–Kier alpha value is -2.35. The minimum Gasteiger partial charge on any atom is -0.507 e. The molecule has 26 heavy (non-hydrogen) atoms. The summed E-state index contributed by atoms with van der Waals surface area (Å²) >= 11 is 0. The summed E-state index contributed by atoms with van der Waals surface area (Å²) in [6, 6.07) is 3.10. The zero-order chi connectivity index (χ0) is 18.9. The van der Waals surface area contributed by atoms with Gasteiger partial charge in [-0.2, -0.15) is 18.3 Å². The van der Waals surface area contributed by atoms with Gasteiger partial charge in [0.25, 0.3) is 0 Å². The van der Waals surface area contributed by atoms with Crippen molar-refractivity contribution in [1.82, 2.24) is 15.1 Å². The number of hydrogen-bond donors (Lipinski definition) is 2.